The van der Waals surface area contributed by atoms with Gasteiger partial charge in [0.2, 0.25) is 0 Å². The summed E-state index contributed by atoms with van der Waals surface area (Å²) >= 11 is 0. The van der Waals surface area contributed by atoms with Gasteiger partial charge in [-0.05, 0) is 53.4 Å². The molecule has 2 saturated heterocycles. The third-order valence-electron chi connectivity index (χ3n) is 4.96. The molecule has 0 spiro atoms. The van der Waals surface area contributed by atoms with Gasteiger partial charge in [-0.1, -0.05) is 18.2 Å². The highest BCUT2D eigenvalue weighted by atomic mass is 35.5. The highest BCUT2D eigenvalue weighted by Gasteiger charge is 2.35. The molecular weight excluding hydrogens is 331 g/mol. The number of hydrogen-bond acceptors (Lipinski definition) is 3. The number of halogens is 2. The van der Waals surface area contributed by atoms with E-state index in [-0.39, 0.29) is 24.8 Å². The van der Waals surface area contributed by atoms with E-state index in [1.54, 1.807) is 7.11 Å². The Morgan fingerprint density at radius 2 is 1.87 bits per heavy atom. The Kier molecular flexibility index (Phi) is 6.15. The number of fused-ring (bicyclic) bond motifs is 2. The van der Waals surface area contributed by atoms with Crippen LogP contribution >= 0.6 is 24.8 Å². The molecule has 5 heteroatoms. The molecule has 0 unspecified atom stereocenters. The van der Waals surface area contributed by atoms with Crippen molar-refractivity contribution in [2.45, 2.75) is 19.0 Å². The summed E-state index contributed by atoms with van der Waals surface area (Å²) in [5, 5.41) is 6.17. The van der Waals surface area contributed by atoms with Gasteiger partial charge in [0.25, 0.3) is 0 Å². The van der Waals surface area contributed by atoms with Gasteiger partial charge >= 0.3 is 0 Å². The number of nitrogens with zero attached hydrogens (tertiary/aromatic N) is 1. The second-order valence-electron chi connectivity index (χ2n) is 6.35. The lowest BCUT2D eigenvalue weighted by Crippen LogP contribution is -2.29. The van der Waals surface area contributed by atoms with Gasteiger partial charge in [0.05, 0.1) is 7.11 Å². The fourth-order valence-electron chi connectivity index (χ4n) is 3.82. The highest BCUT2D eigenvalue weighted by molar-refractivity contribution is 5.86. The van der Waals surface area contributed by atoms with Crippen molar-refractivity contribution in [1.29, 1.82) is 0 Å². The second kappa shape index (κ2) is 7.71. The third-order valence-corrected chi connectivity index (χ3v) is 4.96. The molecule has 2 atom stereocenters. The van der Waals surface area contributed by atoms with Crippen LogP contribution in [0.3, 0.4) is 0 Å². The normalized spacial score (nSPS) is 23.2. The standard InChI is InChI=1S/C18H22N2O.2ClH/c1-21-17-5-4-14-8-13(2-3-15(14)9-17)10-20-11-16-6-7-19-18(16)12-20;;/h2-5,8-9,16,18-19H,6-7,10-12H2,1H3;2*1H/t16-,18+;;/m0../s1. The maximum atomic E-state index is 5.29. The summed E-state index contributed by atoms with van der Waals surface area (Å²) in [6.45, 7) is 4.72. The minimum Gasteiger partial charge on any atom is -0.497 e. The largest absolute Gasteiger partial charge is 0.497 e. The van der Waals surface area contributed by atoms with Gasteiger partial charge in [0, 0.05) is 25.7 Å². The first-order valence-corrected chi connectivity index (χ1v) is 7.84. The van der Waals surface area contributed by atoms with Crippen LogP contribution in [-0.2, 0) is 6.54 Å². The molecule has 126 valence electrons. The first-order chi connectivity index (χ1) is 10.3. The lowest BCUT2D eigenvalue weighted by atomic mass is 10.1. The summed E-state index contributed by atoms with van der Waals surface area (Å²) in [4.78, 5) is 2.59. The first-order valence-electron chi connectivity index (χ1n) is 7.84. The average Bonchev–Trinajstić information content (AvgIpc) is 3.08. The number of benzene rings is 2. The van der Waals surface area contributed by atoms with Crippen LogP contribution in [-0.4, -0.2) is 37.7 Å². The number of hydrogen-bond donors (Lipinski definition) is 1. The molecule has 0 bridgehead atoms. The Bertz CT molecular complexity index is 653. The molecule has 3 nitrogen and oxygen atoms in total. The Morgan fingerprint density at radius 3 is 2.65 bits per heavy atom. The molecule has 4 rings (SSSR count). The van der Waals surface area contributed by atoms with E-state index < -0.39 is 0 Å². The summed E-state index contributed by atoms with van der Waals surface area (Å²) in [6.07, 6.45) is 1.35. The van der Waals surface area contributed by atoms with Gasteiger partial charge in [0.1, 0.15) is 5.75 Å². The van der Waals surface area contributed by atoms with Gasteiger partial charge in [-0.15, -0.1) is 24.8 Å². The Morgan fingerprint density at radius 1 is 1.09 bits per heavy atom. The van der Waals surface area contributed by atoms with E-state index in [1.807, 2.05) is 6.07 Å². The number of rotatable bonds is 3. The zero-order valence-corrected chi connectivity index (χ0v) is 15.0. The molecule has 23 heavy (non-hydrogen) atoms. The summed E-state index contributed by atoms with van der Waals surface area (Å²) < 4.78 is 5.29. The summed E-state index contributed by atoms with van der Waals surface area (Å²) in [7, 11) is 1.72. The molecule has 0 aliphatic carbocycles. The fraction of sp³-hybridized carbons (Fsp3) is 0.444. The molecule has 2 aliphatic heterocycles. The number of ether oxygens (including phenoxy) is 1. The molecule has 2 heterocycles. The van der Waals surface area contributed by atoms with Crippen LogP contribution in [0.5, 0.6) is 5.75 Å². The molecule has 1 N–H and O–H groups in total. The molecule has 0 radical (unpaired) electrons. The fourth-order valence-corrected chi connectivity index (χ4v) is 3.82. The summed E-state index contributed by atoms with van der Waals surface area (Å²) in [5.74, 6) is 1.79. The first kappa shape index (κ1) is 18.3. The highest BCUT2D eigenvalue weighted by Crippen LogP contribution is 2.27. The number of nitrogens with one attached hydrogen (secondary N) is 1. The van der Waals surface area contributed by atoms with E-state index in [0.29, 0.717) is 0 Å². The molecule has 0 aromatic heterocycles. The minimum atomic E-state index is 0. The number of likely N-dealkylation sites (tertiary alicyclic amines) is 1. The Labute approximate surface area is 150 Å². The van der Waals surface area contributed by atoms with Crippen molar-refractivity contribution < 1.29 is 4.74 Å². The molecule has 2 fully saturated rings. The van der Waals surface area contributed by atoms with E-state index in [0.717, 1.165) is 24.3 Å². The molecule has 2 aromatic rings. The van der Waals surface area contributed by atoms with Crippen molar-refractivity contribution in [1.82, 2.24) is 10.2 Å². The van der Waals surface area contributed by atoms with Crippen molar-refractivity contribution >= 4 is 35.6 Å². The van der Waals surface area contributed by atoms with Gasteiger partial charge in [0.15, 0.2) is 0 Å². The zero-order valence-electron chi connectivity index (χ0n) is 13.3. The summed E-state index contributed by atoms with van der Waals surface area (Å²) in [6, 6.07) is 13.8. The minimum absolute atomic E-state index is 0. The SMILES string of the molecule is COc1ccc2cc(CN3C[C@@H]4CCN[C@@H]4C3)ccc2c1.Cl.Cl. The maximum Gasteiger partial charge on any atom is 0.119 e. The van der Waals surface area contributed by atoms with Crippen molar-refractivity contribution in [3.63, 3.8) is 0 Å². The van der Waals surface area contributed by atoms with E-state index in [4.69, 9.17) is 4.74 Å². The summed E-state index contributed by atoms with van der Waals surface area (Å²) in [5.41, 5.74) is 1.41. The van der Waals surface area contributed by atoms with E-state index in [2.05, 4.69) is 40.5 Å². The van der Waals surface area contributed by atoms with Crippen molar-refractivity contribution in [2.75, 3.05) is 26.7 Å². The van der Waals surface area contributed by atoms with Gasteiger partial charge in [-0.25, -0.2) is 0 Å². The average molecular weight is 355 g/mol. The lowest BCUT2D eigenvalue weighted by molar-refractivity contribution is 0.307. The van der Waals surface area contributed by atoms with Crippen molar-refractivity contribution in [2.24, 2.45) is 5.92 Å². The second-order valence-corrected chi connectivity index (χ2v) is 6.35. The van der Waals surface area contributed by atoms with Gasteiger partial charge in [-0.2, -0.15) is 0 Å². The third kappa shape index (κ3) is 3.74. The van der Waals surface area contributed by atoms with Crippen LogP contribution in [0.25, 0.3) is 10.8 Å². The van der Waals surface area contributed by atoms with E-state index in [9.17, 15) is 0 Å². The molecule has 0 saturated carbocycles. The number of methoxy groups -OCH3 is 1. The van der Waals surface area contributed by atoms with Crippen LogP contribution in [0, 0.1) is 5.92 Å². The van der Waals surface area contributed by atoms with Crippen LogP contribution in [0.4, 0.5) is 0 Å². The molecule has 2 aliphatic rings. The van der Waals surface area contributed by atoms with Crippen LogP contribution in [0.2, 0.25) is 0 Å². The predicted octanol–water partition coefficient (Wildman–Crippen LogP) is 3.49. The molecule has 2 aromatic carbocycles. The molecule has 0 amide bonds. The molecular formula is C18H24Cl2N2O. The zero-order chi connectivity index (χ0) is 14.2. The lowest BCUT2D eigenvalue weighted by Gasteiger charge is -2.17. The van der Waals surface area contributed by atoms with Gasteiger partial charge in [-0.3, -0.25) is 4.90 Å². The van der Waals surface area contributed by atoms with E-state index in [1.165, 1.54) is 42.4 Å². The smallest absolute Gasteiger partial charge is 0.119 e. The predicted molar refractivity (Wildman–Crippen MR) is 100 cm³/mol. The van der Waals surface area contributed by atoms with Crippen LogP contribution in [0.15, 0.2) is 36.4 Å². The Balaban J connectivity index is 0.000000960. The van der Waals surface area contributed by atoms with Crippen molar-refractivity contribution in [3.8, 4) is 5.75 Å². The van der Waals surface area contributed by atoms with E-state index >= 15 is 0 Å². The van der Waals surface area contributed by atoms with Crippen LogP contribution in [0.1, 0.15) is 12.0 Å². The van der Waals surface area contributed by atoms with Crippen molar-refractivity contribution in [3.05, 3.63) is 42.0 Å². The monoisotopic (exact) mass is 354 g/mol. The Hall–Kier alpha value is -1.000. The van der Waals surface area contributed by atoms with Crippen LogP contribution < -0.4 is 10.1 Å². The maximum absolute atomic E-state index is 5.29. The van der Waals surface area contributed by atoms with Gasteiger partial charge < -0.3 is 10.1 Å². The topological polar surface area (TPSA) is 24.5 Å². The quantitative estimate of drug-likeness (QED) is 0.912.